The first-order valence-corrected chi connectivity index (χ1v) is 6.93. The molecule has 2 unspecified atom stereocenters. The highest BCUT2D eigenvalue weighted by atomic mass is 16.5. The number of nitrogens with two attached hydrogens (primary N) is 1. The lowest BCUT2D eigenvalue weighted by Crippen LogP contribution is -2.26. The minimum absolute atomic E-state index is 0.403. The van der Waals surface area contributed by atoms with Crippen LogP contribution in [0.1, 0.15) is 44.4 Å². The minimum Gasteiger partial charge on any atom is -0.372 e. The largest absolute Gasteiger partial charge is 0.372 e. The van der Waals surface area contributed by atoms with Crippen molar-refractivity contribution in [3.8, 4) is 0 Å². The molecule has 0 aliphatic heterocycles. The number of ether oxygens (including phenoxy) is 1. The molecule has 18 heavy (non-hydrogen) atoms. The maximum absolute atomic E-state index is 5.99. The van der Waals surface area contributed by atoms with Crippen molar-refractivity contribution in [3.63, 3.8) is 0 Å². The van der Waals surface area contributed by atoms with Crippen LogP contribution in [0.3, 0.4) is 0 Å². The van der Waals surface area contributed by atoms with Gasteiger partial charge in [-0.3, -0.25) is 4.98 Å². The van der Waals surface area contributed by atoms with Gasteiger partial charge in [0.15, 0.2) is 0 Å². The zero-order valence-corrected chi connectivity index (χ0v) is 11.4. The summed E-state index contributed by atoms with van der Waals surface area (Å²) in [6.45, 7) is 5.81. The van der Waals surface area contributed by atoms with E-state index in [1.807, 2.05) is 18.3 Å². The highest BCUT2D eigenvalue weighted by Gasteiger charge is 2.24. The summed E-state index contributed by atoms with van der Waals surface area (Å²) < 4.78 is 5.99. The molecule has 1 saturated carbocycles. The number of nitrogens with zero attached hydrogens (tertiary/aromatic N) is 1. The Bertz CT molecular complexity index is 353. The van der Waals surface area contributed by atoms with E-state index in [0.29, 0.717) is 19.3 Å². The van der Waals surface area contributed by atoms with Gasteiger partial charge in [0.2, 0.25) is 0 Å². The highest BCUT2D eigenvalue weighted by molar-refractivity contribution is 5.13. The van der Waals surface area contributed by atoms with Crippen molar-refractivity contribution in [2.75, 3.05) is 0 Å². The zero-order valence-electron chi connectivity index (χ0n) is 11.4. The van der Waals surface area contributed by atoms with Gasteiger partial charge in [-0.1, -0.05) is 19.9 Å². The average molecular weight is 248 g/mol. The van der Waals surface area contributed by atoms with Gasteiger partial charge in [0.05, 0.1) is 18.4 Å². The molecule has 0 spiro atoms. The first-order chi connectivity index (χ1) is 8.67. The third-order valence-electron chi connectivity index (χ3n) is 3.72. The van der Waals surface area contributed by atoms with Crippen LogP contribution in [-0.2, 0) is 17.9 Å². The Balaban J connectivity index is 1.83. The number of hydrogen-bond acceptors (Lipinski definition) is 3. The molecule has 2 rings (SSSR count). The van der Waals surface area contributed by atoms with Crippen LogP contribution in [0.4, 0.5) is 0 Å². The van der Waals surface area contributed by atoms with Gasteiger partial charge in [0.1, 0.15) is 0 Å². The Labute approximate surface area is 110 Å². The molecule has 0 bridgehead atoms. The second-order valence-corrected chi connectivity index (χ2v) is 5.71. The van der Waals surface area contributed by atoms with E-state index in [-0.39, 0.29) is 0 Å². The first kappa shape index (κ1) is 13.5. The van der Waals surface area contributed by atoms with Gasteiger partial charge in [0, 0.05) is 12.7 Å². The molecule has 1 aromatic heterocycles. The molecule has 1 aliphatic rings. The Morgan fingerprint density at radius 2 is 1.94 bits per heavy atom. The van der Waals surface area contributed by atoms with E-state index in [0.717, 1.165) is 23.1 Å². The predicted octanol–water partition coefficient (Wildman–Crippen LogP) is 2.88. The smallest absolute Gasteiger partial charge is 0.0891 e. The zero-order chi connectivity index (χ0) is 13.0. The Morgan fingerprint density at radius 3 is 2.50 bits per heavy atom. The molecule has 1 heterocycles. The number of pyridine rings is 1. The summed E-state index contributed by atoms with van der Waals surface area (Å²) in [5, 5.41) is 0. The molecule has 2 N–H and O–H groups in total. The topological polar surface area (TPSA) is 48.1 Å². The van der Waals surface area contributed by atoms with E-state index < -0.39 is 0 Å². The quantitative estimate of drug-likeness (QED) is 0.891. The maximum Gasteiger partial charge on any atom is 0.0891 e. The van der Waals surface area contributed by atoms with Crippen molar-refractivity contribution >= 4 is 0 Å². The van der Waals surface area contributed by atoms with Gasteiger partial charge in [-0.15, -0.1) is 0 Å². The molecule has 0 amide bonds. The average Bonchev–Trinajstić information content (AvgIpc) is 2.36. The SMILES string of the molecule is CC1CC(C)CC(OCc2ccc(CN)cn2)C1. The van der Waals surface area contributed by atoms with Crippen LogP contribution < -0.4 is 5.73 Å². The minimum atomic E-state index is 0.403. The lowest BCUT2D eigenvalue weighted by molar-refractivity contribution is -0.0105. The van der Waals surface area contributed by atoms with Gasteiger partial charge in [-0.25, -0.2) is 0 Å². The summed E-state index contributed by atoms with van der Waals surface area (Å²) in [4.78, 5) is 4.37. The van der Waals surface area contributed by atoms with E-state index >= 15 is 0 Å². The van der Waals surface area contributed by atoms with Crippen molar-refractivity contribution in [1.29, 1.82) is 0 Å². The first-order valence-electron chi connectivity index (χ1n) is 6.93. The van der Waals surface area contributed by atoms with Gasteiger partial charge < -0.3 is 10.5 Å². The second-order valence-electron chi connectivity index (χ2n) is 5.71. The van der Waals surface area contributed by atoms with Crippen LogP contribution >= 0.6 is 0 Å². The van der Waals surface area contributed by atoms with E-state index in [1.54, 1.807) is 0 Å². The molecule has 1 aromatic rings. The molecule has 0 radical (unpaired) electrons. The summed E-state index contributed by atoms with van der Waals surface area (Å²) in [5.41, 5.74) is 7.62. The van der Waals surface area contributed by atoms with Crippen molar-refractivity contribution in [2.45, 2.75) is 52.4 Å². The fourth-order valence-electron chi connectivity index (χ4n) is 2.87. The monoisotopic (exact) mass is 248 g/mol. The van der Waals surface area contributed by atoms with Gasteiger partial charge >= 0.3 is 0 Å². The Kier molecular flexibility index (Phi) is 4.72. The molecular weight excluding hydrogens is 224 g/mol. The van der Waals surface area contributed by atoms with Crippen LogP contribution in [0.25, 0.3) is 0 Å². The van der Waals surface area contributed by atoms with Gasteiger partial charge in [0.25, 0.3) is 0 Å². The van der Waals surface area contributed by atoms with Crippen LogP contribution in [0.5, 0.6) is 0 Å². The van der Waals surface area contributed by atoms with Crippen molar-refractivity contribution in [1.82, 2.24) is 4.98 Å². The third-order valence-corrected chi connectivity index (χ3v) is 3.72. The predicted molar refractivity (Wildman–Crippen MR) is 72.9 cm³/mol. The summed E-state index contributed by atoms with van der Waals surface area (Å²) in [5.74, 6) is 1.57. The van der Waals surface area contributed by atoms with Crippen LogP contribution in [0.15, 0.2) is 18.3 Å². The molecular formula is C15H24N2O. The fraction of sp³-hybridized carbons (Fsp3) is 0.667. The Hall–Kier alpha value is -0.930. The highest BCUT2D eigenvalue weighted by Crippen LogP contribution is 2.30. The van der Waals surface area contributed by atoms with Crippen LogP contribution in [-0.4, -0.2) is 11.1 Å². The molecule has 0 aromatic carbocycles. The lowest BCUT2D eigenvalue weighted by Gasteiger charge is -2.31. The molecule has 0 saturated heterocycles. The van der Waals surface area contributed by atoms with Gasteiger partial charge in [-0.2, -0.15) is 0 Å². The molecule has 3 nitrogen and oxygen atoms in total. The second kappa shape index (κ2) is 6.30. The van der Waals surface area contributed by atoms with Crippen molar-refractivity contribution in [3.05, 3.63) is 29.6 Å². The normalized spacial score (nSPS) is 28.3. The fourth-order valence-corrected chi connectivity index (χ4v) is 2.87. The Morgan fingerprint density at radius 1 is 1.22 bits per heavy atom. The summed E-state index contributed by atoms with van der Waals surface area (Å²) in [6.07, 6.45) is 5.95. The van der Waals surface area contributed by atoms with Crippen molar-refractivity contribution in [2.24, 2.45) is 17.6 Å². The summed E-state index contributed by atoms with van der Waals surface area (Å²) in [6, 6.07) is 4.04. The van der Waals surface area contributed by atoms with E-state index in [4.69, 9.17) is 10.5 Å². The lowest BCUT2D eigenvalue weighted by atomic mass is 9.82. The number of aromatic nitrogens is 1. The maximum atomic E-state index is 5.99. The van der Waals surface area contributed by atoms with Crippen LogP contribution in [0, 0.1) is 11.8 Å². The number of rotatable bonds is 4. The van der Waals surface area contributed by atoms with E-state index in [1.165, 1.54) is 19.3 Å². The molecule has 2 atom stereocenters. The molecule has 100 valence electrons. The molecule has 1 fully saturated rings. The molecule has 1 aliphatic carbocycles. The molecule has 3 heteroatoms. The third kappa shape index (κ3) is 3.79. The summed E-state index contributed by atoms with van der Waals surface area (Å²) >= 11 is 0. The number of hydrogen-bond donors (Lipinski definition) is 1. The van der Waals surface area contributed by atoms with Crippen LogP contribution in [0.2, 0.25) is 0 Å². The summed E-state index contributed by atoms with van der Waals surface area (Å²) in [7, 11) is 0. The van der Waals surface area contributed by atoms with E-state index in [9.17, 15) is 0 Å². The van der Waals surface area contributed by atoms with Gasteiger partial charge in [-0.05, 0) is 42.7 Å². The standard InChI is InChI=1S/C15H24N2O/c1-11-5-12(2)7-15(6-11)18-10-14-4-3-13(8-16)9-17-14/h3-4,9,11-12,15H,5-8,10,16H2,1-2H3. The van der Waals surface area contributed by atoms with E-state index in [2.05, 4.69) is 18.8 Å². The van der Waals surface area contributed by atoms with Crippen molar-refractivity contribution < 1.29 is 4.74 Å².